The molecule has 0 bridgehead atoms. The summed E-state index contributed by atoms with van der Waals surface area (Å²) in [6.45, 7) is 2.05. The first-order valence-electron chi connectivity index (χ1n) is 6.73. The van der Waals surface area contributed by atoms with Crippen LogP contribution in [0.4, 0.5) is 11.4 Å². The second-order valence-electron chi connectivity index (χ2n) is 5.28. The Morgan fingerprint density at radius 3 is 2.77 bits per heavy atom. The molecular formula is C15H14Cl2N2O2S. The second-order valence-corrected chi connectivity index (χ2v) is 7.74. The summed E-state index contributed by atoms with van der Waals surface area (Å²) >= 11 is 11.9. The van der Waals surface area contributed by atoms with Crippen molar-refractivity contribution in [1.82, 2.24) is 0 Å². The number of nitrogens with one attached hydrogen (secondary N) is 2. The number of rotatable bonds is 3. The number of sulfonamides is 1. The van der Waals surface area contributed by atoms with E-state index in [4.69, 9.17) is 23.2 Å². The fourth-order valence-electron chi connectivity index (χ4n) is 2.48. The fourth-order valence-corrected chi connectivity index (χ4v) is 4.01. The zero-order valence-electron chi connectivity index (χ0n) is 11.7. The molecule has 22 heavy (non-hydrogen) atoms. The van der Waals surface area contributed by atoms with Gasteiger partial charge >= 0.3 is 0 Å². The lowest BCUT2D eigenvalue weighted by Gasteiger charge is -2.11. The SMILES string of the molecule is C[C@@H]1Cc2cc(S(=O)(=O)Nc3cccc(Cl)c3Cl)ccc2N1. The highest BCUT2D eigenvalue weighted by atomic mass is 35.5. The van der Waals surface area contributed by atoms with Gasteiger partial charge in [0, 0.05) is 11.7 Å². The predicted octanol–water partition coefficient (Wildman–Crippen LogP) is 4.15. The minimum Gasteiger partial charge on any atom is -0.382 e. The predicted molar refractivity (Wildman–Crippen MR) is 90.5 cm³/mol. The summed E-state index contributed by atoms with van der Waals surface area (Å²) < 4.78 is 27.5. The lowest BCUT2D eigenvalue weighted by molar-refractivity contribution is 0.601. The molecule has 0 aliphatic carbocycles. The van der Waals surface area contributed by atoms with Crippen molar-refractivity contribution in [2.75, 3.05) is 10.0 Å². The fraction of sp³-hybridized carbons (Fsp3) is 0.200. The summed E-state index contributed by atoms with van der Waals surface area (Å²) in [6, 6.07) is 10.2. The monoisotopic (exact) mass is 356 g/mol. The van der Waals surface area contributed by atoms with Gasteiger partial charge in [-0.2, -0.15) is 0 Å². The van der Waals surface area contributed by atoms with Crippen LogP contribution in [0.2, 0.25) is 10.0 Å². The summed E-state index contributed by atoms with van der Waals surface area (Å²) in [5.74, 6) is 0. The molecule has 0 saturated heterocycles. The summed E-state index contributed by atoms with van der Waals surface area (Å²) in [5, 5.41) is 3.77. The van der Waals surface area contributed by atoms with Gasteiger partial charge in [0.2, 0.25) is 0 Å². The smallest absolute Gasteiger partial charge is 0.261 e. The number of anilines is 2. The van der Waals surface area contributed by atoms with Gasteiger partial charge in [-0.15, -0.1) is 0 Å². The van der Waals surface area contributed by atoms with Gasteiger partial charge in [-0.3, -0.25) is 4.72 Å². The normalized spacial score (nSPS) is 17.0. The first kappa shape index (κ1) is 15.5. The van der Waals surface area contributed by atoms with E-state index in [1.54, 1.807) is 36.4 Å². The molecule has 0 unspecified atom stereocenters. The van der Waals surface area contributed by atoms with Gasteiger partial charge in [0.25, 0.3) is 10.0 Å². The van der Waals surface area contributed by atoms with Crippen LogP contribution in [0.15, 0.2) is 41.3 Å². The number of hydrogen-bond donors (Lipinski definition) is 2. The first-order chi connectivity index (χ1) is 10.4. The molecule has 0 fully saturated rings. The van der Waals surface area contributed by atoms with Crippen LogP contribution in [0.5, 0.6) is 0 Å². The van der Waals surface area contributed by atoms with Gasteiger partial charge in [-0.1, -0.05) is 29.3 Å². The van der Waals surface area contributed by atoms with Crippen LogP contribution in [-0.2, 0) is 16.4 Å². The van der Waals surface area contributed by atoms with Crippen LogP contribution in [0.25, 0.3) is 0 Å². The van der Waals surface area contributed by atoms with Crippen LogP contribution in [0.3, 0.4) is 0 Å². The number of hydrogen-bond acceptors (Lipinski definition) is 3. The lowest BCUT2D eigenvalue weighted by atomic mass is 10.1. The molecule has 0 radical (unpaired) electrons. The highest BCUT2D eigenvalue weighted by molar-refractivity contribution is 7.92. The number of benzene rings is 2. The Hall–Kier alpha value is -1.43. The van der Waals surface area contributed by atoms with E-state index in [-0.39, 0.29) is 15.6 Å². The molecule has 0 amide bonds. The first-order valence-corrected chi connectivity index (χ1v) is 8.97. The topological polar surface area (TPSA) is 58.2 Å². The number of fused-ring (bicyclic) bond motifs is 1. The standard InChI is InChI=1S/C15H14Cl2N2O2S/c1-9-7-10-8-11(5-6-13(10)18-9)22(20,21)19-14-4-2-3-12(16)15(14)17/h2-6,8-9,18-19H,7H2,1H3/t9-/m1/s1. The molecular weight excluding hydrogens is 343 g/mol. The van der Waals surface area contributed by atoms with E-state index in [9.17, 15) is 8.42 Å². The van der Waals surface area contributed by atoms with Crippen molar-refractivity contribution in [2.45, 2.75) is 24.3 Å². The molecule has 1 atom stereocenters. The van der Waals surface area contributed by atoms with E-state index in [1.165, 1.54) is 0 Å². The zero-order chi connectivity index (χ0) is 15.9. The van der Waals surface area contributed by atoms with Gasteiger partial charge in [0.1, 0.15) is 0 Å². The highest BCUT2D eigenvalue weighted by Gasteiger charge is 2.22. The average Bonchev–Trinajstić information content (AvgIpc) is 2.82. The van der Waals surface area contributed by atoms with Gasteiger partial charge in [-0.25, -0.2) is 8.42 Å². The molecule has 0 spiro atoms. The lowest BCUT2D eigenvalue weighted by Crippen LogP contribution is -2.13. The molecule has 1 aliphatic rings. The molecule has 116 valence electrons. The van der Waals surface area contributed by atoms with E-state index >= 15 is 0 Å². The Labute approximate surface area is 139 Å². The largest absolute Gasteiger partial charge is 0.382 e. The van der Waals surface area contributed by atoms with Crippen LogP contribution in [-0.4, -0.2) is 14.5 Å². The van der Waals surface area contributed by atoms with E-state index < -0.39 is 10.0 Å². The van der Waals surface area contributed by atoms with Crippen molar-refractivity contribution in [3.05, 3.63) is 52.0 Å². The Kier molecular flexibility index (Phi) is 3.97. The third kappa shape index (κ3) is 2.89. The van der Waals surface area contributed by atoms with Crippen molar-refractivity contribution < 1.29 is 8.42 Å². The number of halogens is 2. The Balaban J connectivity index is 1.94. The molecule has 2 N–H and O–H groups in total. The summed E-state index contributed by atoms with van der Waals surface area (Å²) in [6.07, 6.45) is 0.802. The van der Waals surface area contributed by atoms with Crippen molar-refractivity contribution in [3.8, 4) is 0 Å². The third-order valence-electron chi connectivity index (χ3n) is 3.51. The van der Waals surface area contributed by atoms with Gasteiger partial charge in [0.05, 0.1) is 20.6 Å². The van der Waals surface area contributed by atoms with Crippen LogP contribution in [0.1, 0.15) is 12.5 Å². The van der Waals surface area contributed by atoms with E-state index in [0.717, 1.165) is 17.7 Å². The summed E-state index contributed by atoms with van der Waals surface area (Å²) in [7, 11) is -3.71. The molecule has 1 heterocycles. The van der Waals surface area contributed by atoms with Crippen molar-refractivity contribution in [3.63, 3.8) is 0 Å². The van der Waals surface area contributed by atoms with Crippen molar-refractivity contribution in [1.29, 1.82) is 0 Å². The Morgan fingerprint density at radius 1 is 1.23 bits per heavy atom. The molecule has 4 nitrogen and oxygen atoms in total. The maximum atomic E-state index is 12.5. The third-order valence-corrected chi connectivity index (χ3v) is 5.69. The summed E-state index contributed by atoms with van der Waals surface area (Å²) in [5.41, 5.74) is 2.24. The minimum atomic E-state index is -3.71. The molecule has 3 rings (SSSR count). The van der Waals surface area contributed by atoms with Gasteiger partial charge < -0.3 is 5.32 Å². The van der Waals surface area contributed by atoms with E-state index in [2.05, 4.69) is 17.0 Å². The second kappa shape index (κ2) is 5.65. The average molecular weight is 357 g/mol. The minimum absolute atomic E-state index is 0.184. The quantitative estimate of drug-likeness (QED) is 0.868. The molecule has 1 aliphatic heterocycles. The van der Waals surface area contributed by atoms with E-state index in [1.807, 2.05) is 0 Å². The Bertz CT molecular complexity index is 837. The maximum absolute atomic E-state index is 12.5. The van der Waals surface area contributed by atoms with Crippen LogP contribution < -0.4 is 10.0 Å². The molecule has 0 saturated carbocycles. The van der Waals surface area contributed by atoms with Crippen molar-refractivity contribution in [2.24, 2.45) is 0 Å². The van der Waals surface area contributed by atoms with Crippen molar-refractivity contribution >= 4 is 44.6 Å². The van der Waals surface area contributed by atoms with Crippen LogP contribution in [0, 0.1) is 0 Å². The Morgan fingerprint density at radius 2 is 2.00 bits per heavy atom. The van der Waals surface area contributed by atoms with Gasteiger partial charge in [0.15, 0.2) is 0 Å². The highest BCUT2D eigenvalue weighted by Crippen LogP contribution is 2.32. The molecule has 2 aromatic carbocycles. The zero-order valence-corrected chi connectivity index (χ0v) is 14.1. The van der Waals surface area contributed by atoms with E-state index in [0.29, 0.717) is 11.1 Å². The van der Waals surface area contributed by atoms with Crippen LogP contribution >= 0.6 is 23.2 Å². The molecule has 0 aromatic heterocycles. The van der Waals surface area contributed by atoms with Gasteiger partial charge in [-0.05, 0) is 49.2 Å². The maximum Gasteiger partial charge on any atom is 0.261 e. The summed E-state index contributed by atoms with van der Waals surface area (Å²) in [4.78, 5) is 0.207. The molecule has 2 aromatic rings. The molecule has 7 heteroatoms.